The Morgan fingerprint density at radius 2 is 2.09 bits per heavy atom. The molecule has 118 valence electrons. The summed E-state index contributed by atoms with van der Waals surface area (Å²) in [7, 11) is -3.82. The molecule has 1 saturated carbocycles. The lowest BCUT2D eigenvalue weighted by Crippen LogP contribution is -2.32. The molecule has 1 aliphatic heterocycles. The molecule has 0 atom stereocenters. The highest BCUT2D eigenvalue weighted by Crippen LogP contribution is 2.31. The van der Waals surface area contributed by atoms with Gasteiger partial charge in [0.15, 0.2) is 0 Å². The second kappa shape index (κ2) is 5.39. The summed E-state index contributed by atoms with van der Waals surface area (Å²) in [5, 5.41) is 2.82. The van der Waals surface area contributed by atoms with Gasteiger partial charge < -0.3 is 5.32 Å². The number of hydrogen-bond donors (Lipinski definition) is 1. The van der Waals surface area contributed by atoms with E-state index in [2.05, 4.69) is 5.32 Å². The van der Waals surface area contributed by atoms with Crippen LogP contribution in [0.3, 0.4) is 0 Å². The molecule has 7 heteroatoms. The van der Waals surface area contributed by atoms with E-state index in [0.29, 0.717) is 12.5 Å². The quantitative estimate of drug-likeness (QED) is 0.908. The van der Waals surface area contributed by atoms with Crippen molar-refractivity contribution in [1.29, 1.82) is 0 Å². The van der Waals surface area contributed by atoms with Crippen LogP contribution in [0.25, 0.3) is 0 Å². The highest BCUT2D eigenvalue weighted by molar-refractivity contribution is 7.90. The summed E-state index contributed by atoms with van der Waals surface area (Å²) in [6, 6.07) is 4.22. The molecule has 1 heterocycles. The van der Waals surface area contributed by atoms with Crippen LogP contribution in [0.4, 0.5) is 0 Å². The smallest absolute Gasteiger partial charge is 0.268 e. The van der Waals surface area contributed by atoms with Crippen LogP contribution < -0.4 is 5.32 Å². The molecule has 2 amide bonds. The SMILES string of the molecule is CCN1C(=O)c2ccc(C(=O)NCC3CCC3)cc2S1(=O)=O. The molecule has 0 spiro atoms. The summed E-state index contributed by atoms with van der Waals surface area (Å²) in [5.41, 5.74) is 0.407. The van der Waals surface area contributed by atoms with Crippen LogP contribution in [-0.4, -0.2) is 37.6 Å². The van der Waals surface area contributed by atoms with Crippen molar-refractivity contribution in [3.05, 3.63) is 29.3 Å². The number of rotatable bonds is 4. The van der Waals surface area contributed by atoms with Gasteiger partial charge in [-0.2, -0.15) is 0 Å². The third kappa shape index (κ3) is 2.29. The van der Waals surface area contributed by atoms with Gasteiger partial charge in [-0.05, 0) is 43.9 Å². The maximum atomic E-state index is 12.3. The number of fused-ring (bicyclic) bond motifs is 1. The highest BCUT2D eigenvalue weighted by Gasteiger charge is 2.40. The highest BCUT2D eigenvalue weighted by atomic mass is 32.2. The van der Waals surface area contributed by atoms with Crippen molar-refractivity contribution >= 4 is 21.8 Å². The van der Waals surface area contributed by atoms with Crippen LogP contribution >= 0.6 is 0 Å². The number of sulfonamides is 1. The summed E-state index contributed by atoms with van der Waals surface area (Å²) in [4.78, 5) is 24.1. The van der Waals surface area contributed by atoms with Crippen molar-refractivity contribution in [1.82, 2.24) is 9.62 Å². The Kier molecular flexibility index (Phi) is 3.68. The van der Waals surface area contributed by atoms with Crippen molar-refractivity contribution in [2.75, 3.05) is 13.1 Å². The molecule has 6 nitrogen and oxygen atoms in total. The van der Waals surface area contributed by atoms with Crippen LogP contribution in [0.1, 0.15) is 46.9 Å². The molecule has 0 aromatic heterocycles. The van der Waals surface area contributed by atoms with Gasteiger partial charge in [-0.3, -0.25) is 9.59 Å². The summed E-state index contributed by atoms with van der Waals surface area (Å²) in [5.74, 6) is -0.300. The van der Waals surface area contributed by atoms with E-state index < -0.39 is 15.9 Å². The molecule has 0 unspecified atom stereocenters. The lowest BCUT2D eigenvalue weighted by Gasteiger charge is -2.25. The van der Waals surface area contributed by atoms with E-state index in [1.54, 1.807) is 6.92 Å². The van der Waals surface area contributed by atoms with E-state index in [9.17, 15) is 18.0 Å². The van der Waals surface area contributed by atoms with Crippen molar-refractivity contribution in [3.8, 4) is 0 Å². The molecule has 1 fully saturated rings. The first-order chi connectivity index (χ1) is 10.4. The standard InChI is InChI=1S/C15H18N2O4S/c1-2-17-15(19)12-7-6-11(8-13(12)22(17,20)21)14(18)16-9-10-4-3-5-10/h6-8,10H,2-5,9H2,1H3,(H,16,18). The maximum absolute atomic E-state index is 12.3. The predicted molar refractivity (Wildman–Crippen MR) is 80.0 cm³/mol. The Hall–Kier alpha value is -1.89. The van der Waals surface area contributed by atoms with Gasteiger partial charge in [0, 0.05) is 18.7 Å². The fourth-order valence-electron chi connectivity index (χ4n) is 2.77. The third-order valence-corrected chi connectivity index (χ3v) is 6.23. The van der Waals surface area contributed by atoms with Crippen LogP contribution in [0.2, 0.25) is 0 Å². The molecule has 3 rings (SSSR count). The Morgan fingerprint density at radius 1 is 1.36 bits per heavy atom. The van der Waals surface area contributed by atoms with Gasteiger partial charge >= 0.3 is 0 Å². The molecule has 1 aromatic rings. The average molecular weight is 322 g/mol. The summed E-state index contributed by atoms with van der Waals surface area (Å²) >= 11 is 0. The molecule has 1 aromatic carbocycles. The monoisotopic (exact) mass is 322 g/mol. The van der Waals surface area contributed by atoms with E-state index in [0.717, 1.165) is 17.1 Å². The minimum absolute atomic E-state index is 0.0735. The number of nitrogens with zero attached hydrogens (tertiary/aromatic N) is 1. The molecule has 1 aliphatic carbocycles. The number of hydrogen-bond acceptors (Lipinski definition) is 4. The van der Waals surface area contributed by atoms with Gasteiger partial charge in [0.2, 0.25) is 0 Å². The lowest BCUT2D eigenvalue weighted by molar-refractivity contribution is 0.0873. The number of carbonyl (C=O) groups is 2. The largest absolute Gasteiger partial charge is 0.352 e. The van der Waals surface area contributed by atoms with Crippen molar-refractivity contribution < 1.29 is 18.0 Å². The zero-order valence-corrected chi connectivity index (χ0v) is 13.1. The average Bonchev–Trinajstić information content (AvgIpc) is 2.63. The number of carbonyl (C=O) groups excluding carboxylic acids is 2. The van der Waals surface area contributed by atoms with Gasteiger partial charge in [-0.25, -0.2) is 12.7 Å². The molecule has 0 bridgehead atoms. The number of amides is 2. The van der Waals surface area contributed by atoms with E-state index in [1.165, 1.54) is 24.6 Å². The maximum Gasteiger partial charge on any atom is 0.268 e. The molecule has 1 N–H and O–H groups in total. The second-order valence-electron chi connectivity index (χ2n) is 5.69. The van der Waals surface area contributed by atoms with Crippen molar-refractivity contribution in [3.63, 3.8) is 0 Å². The Balaban J connectivity index is 1.85. The summed E-state index contributed by atoms with van der Waals surface area (Å²) < 4.78 is 25.4. The third-order valence-electron chi connectivity index (χ3n) is 4.33. The van der Waals surface area contributed by atoms with Crippen LogP contribution in [0, 0.1) is 5.92 Å². The summed E-state index contributed by atoms with van der Waals surface area (Å²) in [6.07, 6.45) is 3.45. The molecule has 0 radical (unpaired) electrons. The topological polar surface area (TPSA) is 83.6 Å². The van der Waals surface area contributed by atoms with E-state index in [1.807, 2.05) is 0 Å². The van der Waals surface area contributed by atoms with Gasteiger partial charge in [0.1, 0.15) is 4.90 Å². The zero-order valence-electron chi connectivity index (χ0n) is 12.3. The van der Waals surface area contributed by atoms with Crippen LogP contribution in [0.15, 0.2) is 23.1 Å². The van der Waals surface area contributed by atoms with Gasteiger partial charge in [0.25, 0.3) is 21.8 Å². The minimum Gasteiger partial charge on any atom is -0.352 e. The van der Waals surface area contributed by atoms with Gasteiger partial charge in [-0.1, -0.05) is 6.42 Å². The lowest BCUT2D eigenvalue weighted by atomic mass is 9.85. The Labute approximate surface area is 129 Å². The predicted octanol–water partition coefficient (Wildman–Crippen LogP) is 1.38. The normalized spacial score (nSPS) is 19.7. The first-order valence-electron chi connectivity index (χ1n) is 7.44. The molecular weight excluding hydrogens is 304 g/mol. The molecule has 2 aliphatic rings. The second-order valence-corrected chi connectivity index (χ2v) is 7.52. The van der Waals surface area contributed by atoms with E-state index >= 15 is 0 Å². The fourth-order valence-corrected chi connectivity index (χ4v) is 4.37. The van der Waals surface area contributed by atoms with E-state index in [4.69, 9.17) is 0 Å². The fraction of sp³-hybridized carbons (Fsp3) is 0.467. The van der Waals surface area contributed by atoms with E-state index in [-0.39, 0.29) is 28.5 Å². The molecule has 0 saturated heterocycles. The zero-order chi connectivity index (χ0) is 15.9. The summed E-state index contributed by atoms with van der Waals surface area (Å²) in [6.45, 7) is 2.30. The number of benzene rings is 1. The van der Waals surface area contributed by atoms with Crippen molar-refractivity contribution in [2.24, 2.45) is 5.92 Å². The Bertz CT molecular complexity index is 738. The van der Waals surface area contributed by atoms with Crippen molar-refractivity contribution in [2.45, 2.75) is 31.1 Å². The molecular formula is C15H18N2O4S. The van der Waals surface area contributed by atoms with Crippen LogP contribution in [-0.2, 0) is 10.0 Å². The number of nitrogens with one attached hydrogen (secondary N) is 1. The minimum atomic E-state index is -3.82. The first kappa shape index (κ1) is 15.0. The van der Waals surface area contributed by atoms with Gasteiger partial charge in [-0.15, -0.1) is 0 Å². The molecule has 22 heavy (non-hydrogen) atoms. The first-order valence-corrected chi connectivity index (χ1v) is 8.88. The van der Waals surface area contributed by atoms with Crippen LogP contribution in [0.5, 0.6) is 0 Å². The Morgan fingerprint density at radius 3 is 2.68 bits per heavy atom. The van der Waals surface area contributed by atoms with Gasteiger partial charge in [0.05, 0.1) is 5.56 Å².